The number of nitrogens with zero attached hydrogens (tertiary/aromatic N) is 3. The van der Waals surface area contributed by atoms with Crippen molar-refractivity contribution in [2.45, 2.75) is 11.4 Å². The molecular formula is C10H12FN5O2S. The molecule has 0 fully saturated rings. The van der Waals surface area contributed by atoms with Crippen LogP contribution in [0.4, 0.5) is 10.1 Å². The molecule has 0 atom stereocenters. The van der Waals surface area contributed by atoms with Gasteiger partial charge in [0.2, 0.25) is 10.0 Å². The summed E-state index contributed by atoms with van der Waals surface area (Å²) in [4.78, 5) is -0.258. The molecule has 0 aliphatic rings. The third-order valence-corrected chi connectivity index (χ3v) is 3.31. The molecule has 0 unspecified atom stereocenters. The zero-order valence-corrected chi connectivity index (χ0v) is 10.6. The number of primary sulfonamides is 1. The Morgan fingerprint density at radius 3 is 2.79 bits per heavy atom. The summed E-state index contributed by atoms with van der Waals surface area (Å²) < 4.78 is 37.3. The van der Waals surface area contributed by atoms with E-state index in [1.54, 1.807) is 17.1 Å². The van der Waals surface area contributed by atoms with E-state index in [4.69, 9.17) is 5.14 Å². The Kier molecular flexibility index (Phi) is 3.76. The minimum absolute atomic E-state index is 0.201. The molecule has 2 aromatic rings. The number of nitrogens with two attached hydrogens (primary N) is 1. The topological polar surface area (TPSA) is 103 Å². The highest BCUT2D eigenvalue weighted by Crippen LogP contribution is 2.17. The molecule has 0 aliphatic heterocycles. The summed E-state index contributed by atoms with van der Waals surface area (Å²) in [5.74, 6) is -0.676. The van der Waals surface area contributed by atoms with Crippen LogP contribution in [0.1, 0.15) is 0 Å². The van der Waals surface area contributed by atoms with Crippen molar-refractivity contribution in [1.82, 2.24) is 15.0 Å². The monoisotopic (exact) mass is 285 g/mol. The van der Waals surface area contributed by atoms with E-state index in [0.29, 0.717) is 13.1 Å². The molecular weight excluding hydrogens is 273 g/mol. The molecule has 1 heterocycles. The van der Waals surface area contributed by atoms with Gasteiger partial charge in [-0.15, -0.1) is 5.10 Å². The maximum absolute atomic E-state index is 13.6. The van der Waals surface area contributed by atoms with Gasteiger partial charge in [-0.2, -0.15) is 0 Å². The number of nitrogens with one attached hydrogen (secondary N) is 1. The Morgan fingerprint density at radius 1 is 1.42 bits per heavy atom. The third-order valence-electron chi connectivity index (χ3n) is 2.40. The molecule has 0 saturated carbocycles. The number of benzene rings is 1. The number of hydrogen-bond acceptors (Lipinski definition) is 5. The molecule has 1 aromatic heterocycles. The fourth-order valence-electron chi connectivity index (χ4n) is 1.47. The maximum atomic E-state index is 13.6. The summed E-state index contributed by atoms with van der Waals surface area (Å²) in [6.45, 7) is 0.936. The van der Waals surface area contributed by atoms with E-state index < -0.39 is 15.8 Å². The van der Waals surface area contributed by atoms with Gasteiger partial charge >= 0.3 is 0 Å². The van der Waals surface area contributed by atoms with E-state index in [2.05, 4.69) is 15.6 Å². The number of rotatable bonds is 5. The van der Waals surface area contributed by atoms with Gasteiger partial charge in [0.25, 0.3) is 0 Å². The van der Waals surface area contributed by atoms with Crippen LogP contribution in [0.5, 0.6) is 0 Å². The molecule has 7 nitrogen and oxygen atoms in total. The molecule has 0 amide bonds. The lowest BCUT2D eigenvalue weighted by Crippen LogP contribution is -2.14. The van der Waals surface area contributed by atoms with E-state index in [-0.39, 0.29) is 10.6 Å². The van der Waals surface area contributed by atoms with Crippen LogP contribution in [0.3, 0.4) is 0 Å². The van der Waals surface area contributed by atoms with Crippen LogP contribution in [0, 0.1) is 5.82 Å². The SMILES string of the molecule is NS(=O)(=O)c1ccc(NCCn2ccnn2)c(F)c1. The molecule has 0 aliphatic carbocycles. The Balaban J connectivity index is 2.01. The fourth-order valence-corrected chi connectivity index (χ4v) is 2.00. The first-order chi connectivity index (χ1) is 8.97. The van der Waals surface area contributed by atoms with Crippen molar-refractivity contribution < 1.29 is 12.8 Å². The smallest absolute Gasteiger partial charge is 0.238 e. The maximum Gasteiger partial charge on any atom is 0.238 e. The molecule has 0 spiro atoms. The lowest BCUT2D eigenvalue weighted by molar-refractivity contribution is 0.590. The summed E-state index contributed by atoms with van der Waals surface area (Å²) in [7, 11) is -3.89. The van der Waals surface area contributed by atoms with Gasteiger partial charge in [-0.3, -0.25) is 4.68 Å². The van der Waals surface area contributed by atoms with Crippen LogP contribution in [0.2, 0.25) is 0 Å². The van der Waals surface area contributed by atoms with Gasteiger partial charge in [0.05, 0.1) is 23.3 Å². The second kappa shape index (κ2) is 5.33. The highest BCUT2D eigenvalue weighted by Gasteiger charge is 2.11. The van der Waals surface area contributed by atoms with Crippen LogP contribution < -0.4 is 10.5 Å². The standard InChI is InChI=1S/C10H12FN5O2S/c11-9-7-8(19(12,17)18)1-2-10(9)13-3-5-16-6-4-14-15-16/h1-2,4,6-7,13H,3,5H2,(H2,12,17,18). The minimum atomic E-state index is -3.89. The second-order valence-corrected chi connectivity index (χ2v) is 5.34. The van der Waals surface area contributed by atoms with Crippen LogP contribution in [-0.2, 0) is 16.6 Å². The normalized spacial score (nSPS) is 11.5. The van der Waals surface area contributed by atoms with Gasteiger partial charge in [-0.1, -0.05) is 5.21 Å². The molecule has 0 radical (unpaired) electrons. The summed E-state index contributed by atoms with van der Waals surface area (Å²) in [6, 6.07) is 3.46. The first-order valence-electron chi connectivity index (χ1n) is 5.37. The fraction of sp³-hybridized carbons (Fsp3) is 0.200. The summed E-state index contributed by atoms with van der Waals surface area (Å²) in [5.41, 5.74) is 0.201. The minimum Gasteiger partial charge on any atom is -0.381 e. The van der Waals surface area contributed by atoms with Gasteiger partial charge in [0, 0.05) is 12.7 Å². The molecule has 102 valence electrons. The highest BCUT2D eigenvalue weighted by molar-refractivity contribution is 7.89. The lowest BCUT2D eigenvalue weighted by atomic mass is 10.3. The van der Waals surface area contributed by atoms with E-state index in [1.807, 2.05) is 0 Å². The van der Waals surface area contributed by atoms with E-state index >= 15 is 0 Å². The van der Waals surface area contributed by atoms with Crippen LogP contribution in [0.15, 0.2) is 35.5 Å². The average Bonchev–Trinajstić information content (AvgIpc) is 2.83. The summed E-state index contributed by atoms with van der Waals surface area (Å²) >= 11 is 0. The number of anilines is 1. The van der Waals surface area contributed by atoms with Crippen molar-refractivity contribution in [3.05, 3.63) is 36.4 Å². The van der Waals surface area contributed by atoms with Gasteiger partial charge in [0.15, 0.2) is 0 Å². The van der Waals surface area contributed by atoms with Crippen molar-refractivity contribution >= 4 is 15.7 Å². The predicted molar refractivity (Wildman–Crippen MR) is 66.3 cm³/mol. The number of aromatic nitrogens is 3. The van der Waals surface area contributed by atoms with Gasteiger partial charge in [-0.05, 0) is 18.2 Å². The number of sulfonamides is 1. The highest BCUT2D eigenvalue weighted by atomic mass is 32.2. The summed E-state index contributed by atoms with van der Waals surface area (Å²) in [6.07, 6.45) is 3.23. The molecule has 2 rings (SSSR count). The third kappa shape index (κ3) is 3.48. The molecule has 9 heteroatoms. The molecule has 1 aromatic carbocycles. The van der Waals surface area contributed by atoms with E-state index in [9.17, 15) is 12.8 Å². The zero-order valence-electron chi connectivity index (χ0n) is 9.82. The van der Waals surface area contributed by atoms with Crippen LogP contribution >= 0.6 is 0 Å². The van der Waals surface area contributed by atoms with E-state index in [1.165, 1.54) is 12.1 Å². The van der Waals surface area contributed by atoms with Crippen molar-refractivity contribution in [2.24, 2.45) is 5.14 Å². The lowest BCUT2D eigenvalue weighted by Gasteiger charge is -2.08. The summed E-state index contributed by atoms with van der Waals surface area (Å²) in [5, 5.41) is 15.1. The zero-order chi connectivity index (χ0) is 13.9. The predicted octanol–water partition coefficient (Wildman–Crippen LogP) is 0.177. The average molecular weight is 285 g/mol. The molecule has 19 heavy (non-hydrogen) atoms. The first kappa shape index (κ1) is 13.4. The second-order valence-electron chi connectivity index (χ2n) is 3.78. The van der Waals surface area contributed by atoms with Crippen molar-refractivity contribution in [2.75, 3.05) is 11.9 Å². The molecule has 3 N–H and O–H groups in total. The first-order valence-corrected chi connectivity index (χ1v) is 6.92. The molecule has 0 saturated heterocycles. The Bertz CT molecular complexity index is 657. The number of hydrogen-bond donors (Lipinski definition) is 2. The van der Waals surface area contributed by atoms with Gasteiger partial charge < -0.3 is 5.32 Å². The van der Waals surface area contributed by atoms with Crippen molar-refractivity contribution in [3.8, 4) is 0 Å². The quantitative estimate of drug-likeness (QED) is 0.815. The Morgan fingerprint density at radius 2 is 2.21 bits per heavy atom. The van der Waals surface area contributed by atoms with Crippen molar-refractivity contribution in [3.63, 3.8) is 0 Å². The van der Waals surface area contributed by atoms with Crippen molar-refractivity contribution in [1.29, 1.82) is 0 Å². The van der Waals surface area contributed by atoms with E-state index in [0.717, 1.165) is 6.07 Å². The van der Waals surface area contributed by atoms with Crippen LogP contribution in [0.25, 0.3) is 0 Å². The van der Waals surface area contributed by atoms with Crippen LogP contribution in [-0.4, -0.2) is 30.0 Å². The number of halogens is 1. The molecule has 0 bridgehead atoms. The van der Waals surface area contributed by atoms with Gasteiger partial charge in [0.1, 0.15) is 5.82 Å². The largest absolute Gasteiger partial charge is 0.381 e. The Hall–Kier alpha value is -2.00. The Labute approximate surface area is 109 Å². The van der Waals surface area contributed by atoms with Gasteiger partial charge in [-0.25, -0.2) is 17.9 Å².